The molecule has 0 saturated carbocycles. The summed E-state index contributed by atoms with van der Waals surface area (Å²) < 4.78 is 7.13. The molecule has 158 valence electrons. The summed E-state index contributed by atoms with van der Waals surface area (Å²) in [6.45, 7) is 5.23. The minimum Gasteiger partial charge on any atom is -0.450 e. The molecule has 0 bridgehead atoms. The van der Waals surface area contributed by atoms with E-state index in [1.165, 1.54) is 0 Å². The fraction of sp³-hybridized carbons (Fsp3) is 0.318. The maximum absolute atomic E-state index is 10.9. The fourth-order valence-electron chi connectivity index (χ4n) is 3.06. The molecule has 0 aliphatic rings. The number of primary amides is 1. The maximum atomic E-state index is 10.9. The zero-order chi connectivity index (χ0) is 21.5. The van der Waals surface area contributed by atoms with E-state index in [0.717, 1.165) is 27.0 Å². The molecule has 0 atom stereocenters. The number of carbonyl (C=O) groups is 1. The van der Waals surface area contributed by atoms with E-state index >= 15 is 0 Å². The van der Waals surface area contributed by atoms with Crippen LogP contribution in [0.1, 0.15) is 43.3 Å². The lowest BCUT2D eigenvalue weighted by Crippen LogP contribution is -2.14. The molecule has 8 heteroatoms. The molecule has 2 N–H and O–H groups in total. The molecule has 30 heavy (non-hydrogen) atoms. The summed E-state index contributed by atoms with van der Waals surface area (Å²) in [6, 6.07) is 11.8. The number of rotatable bonds is 9. The molecule has 0 aliphatic heterocycles. The Bertz CT molecular complexity index is 992. The van der Waals surface area contributed by atoms with Crippen molar-refractivity contribution in [2.24, 2.45) is 5.73 Å². The lowest BCUT2D eigenvalue weighted by molar-refractivity contribution is 0.155. The van der Waals surface area contributed by atoms with Gasteiger partial charge >= 0.3 is 6.09 Å². The maximum Gasteiger partial charge on any atom is 0.404 e. The second-order valence-corrected chi connectivity index (χ2v) is 8.64. The van der Waals surface area contributed by atoms with E-state index in [4.69, 9.17) is 27.1 Å². The van der Waals surface area contributed by atoms with Crippen molar-refractivity contribution in [3.05, 3.63) is 70.9 Å². The molecule has 3 aromatic rings. The Labute approximate surface area is 185 Å². The van der Waals surface area contributed by atoms with Crippen LogP contribution in [0.3, 0.4) is 0 Å². The number of pyridine rings is 1. The highest BCUT2D eigenvalue weighted by atomic mass is 35.5. The molecule has 1 aromatic carbocycles. The van der Waals surface area contributed by atoms with Crippen molar-refractivity contribution < 1.29 is 9.53 Å². The number of hydrogen-bond donors (Lipinski definition) is 1. The summed E-state index contributed by atoms with van der Waals surface area (Å²) >= 11 is 7.87. The Morgan fingerprint density at radius 1 is 1.27 bits per heavy atom. The van der Waals surface area contributed by atoms with Crippen molar-refractivity contribution >= 4 is 29.5 Å². The van der Waals surface area contributed by atoms with Crippen LogP contribution >= 0.6 is 23.4 Å². The van der Waals surface area contributed by atoms with Crippen molar-refractivity contribution in [3.8, 4) is 0 Å². The number of halogens is 1. The van der Waals surface area contributed by atoms with Crippen LogP contribution in [0, 0.1) is 0 Å². The van der Waals surface area contributed by atoms with E-state index in [-0.39, 0.29) is 12.5 Å². The van der Waals surface area contributed by atoms with Gasteiger partial charge in [-0.1, -0.05) is 43.3 Å². The number of benzene rings is 1. The Kier molecular flexibility index (Phi) is 7.76. The van der Waals surface area contributed by atoms with Crippen molar-refractivity contribution in [1.82, 2.24) is 14.5 Å². The highest BCUT2D eigenvalue weighted by Gasteiger charge is 2.21. The molecule has 6 nitrogen and oxygen atoms in total. The van der Waals surface area contributed by atoms with Crippen molar-refractivity contribution in [1.29, 1.82) is 0 Å². The van der Waals surface area contributed by atoms with Gasteiger partial charge in [-0.3, -0.25) is 4.98 Å². The van der Waals surface area contributed by atoms with Crippen LogP contribution in [0.2, 0.25) is 5.02 Å². The van der Waals surface area contributed by atoms with Gasteiger partial charge in [0.05, 0.1) is 12.3 Å². The van der Waals surface area contributed by atoms with Gasteiger partial charge in [0.15, 0.2) is 0 Å². The molecule has 1 amide bonds. The molecular formula is C22H25ClN4O2S. The zero-order valence-electron chi connectivity index (χ0n) is 17.0. The van der Waals surface area contributed by atoms with Gasteiger partial charge in [0, 0.05) is 35.3 Å². The third-order valence-corrected chi connectivity index (χ3v) is 5.81. The molecule has 0 radical (unpaired) electrons. The zero-order valence-corrected chi connectivity index (χ0v) is 18.6. The second-order valence-electron chi connectivity index (χ2n) is 7.15. The summed E-state index contributed by atoms with van der Waals surface area (Å²) in [4.78, 5) is 21.0. The molecule has 2 aromatic heterocycles. The Morgan fingerprint density at radius 2 is 2.03 bits per heavy atom. The van der Waals surface area contributed by atoms with Gasteiger partial charge in [-0.2, -0.15) is 0 Å². The largest absolute Gasteiger partial charge is 0.450 e. The highest BCUT2D eigenvalue weighted by Crippen LogP contribution is 2.36. The second kappa shape index (κ2) is 10.5. The summed E-state index contributed by atoms with van der Waals surface area (Å²) in [5.74, 6) is 1.21. The Morgan fingerprint density at radius 3 is 2.70 bits per heavy atom. The summed E-state index contributed by atoms with van der Waals surface area (Å²) in [5, 5.41) is 1.80. The first-order chi connectivity index (χ1) is 14.4. The SMILES string of the molecule is CC(C)c1nc(CCCOC(N)=O)n(Cc2ccncc2)c1Sc1cccc(Cl)c1. The van der Waals surface area contributed by atoms with Crippen LogP contribution in [0.25, 0.3) is 0 Å². The van der Waals surface area contributed by atoms with E-state index in [9.17, 15) is 4.79 Å². The van der Waals surface area contributed by atoms with E-state index in [2.05, 4.69) is 23.4 Å². The number of nitrogens with two attached hydrogens (primary N) is 1. The molecule has 2 heterocycles. The number of aromatic nitrogens is 3. The van der Waals surface area contributed by atoms with Crippen LogP contribution in [-0.2, 0) is 17.7 Å². The number of imidazole rings is 1. The predicted octanol–water partition coefficient (Wildman–Crippen LogP) is 5.28. The third-order valence-electron chi connectivity index (χ3n) is 4.46. The standard InChI is InChI=1S/C22H25ClN4O2S/c1-15(2)20-21(30-18-6-3-5-17(23)13-18)27(14-16-8-10-25-11-9-16)19(26-20)7-4-12-29-22(24)28/h3,5-6,8-11,13,15H,4,7,12,14H2,1-2H3,(H2,24,28). The van der Waals surface area contributed by atoms with Crippen LogP contribution < -0.4 is 5.73 Å². The first kappa shape index (κ1) is 22.2. The average Bonchev–Trinajstić information content (AvgIpc) is 3.03. The molecule has 0 spiro atoms. The van der Waals surface area contributed by atoms with Crippen LogP contribution in [0.4, 0.5) is 4.79 Å². The number of carbonyl (C=O) groups excluding carboxylic acids is 1. The topological polar surface area (TPSA) is 83.0 Å². The number of hydrogen-bond acceptors (Lipinski definition) is 5. The summed E-state index contributed by atoms with van der Waals surface area (Å²) in [5.41, 5.74) is 7.25. The normalized spacial score (nSPS) is 11.1. The van der Waals surface area contributed by atoms with Gasteiger partial charge in [0.1, 0.15) is 10.9 Å². The average molecular weight is 445 g/mol. The van der Waals surface area contributed by atoms with Crippen LogP contribution in [0.15, 0.2) is 58.7 Å². The Hall–Kier alpha value is -2.51. The number of nitrogens with zero attached hydrogens (tertiary/aromatic N) is 3. The summed E-state index contributed by atoms with van der Waals surface area (Å²) in [7, 11) is 0. The van der Waals surface area contributed by atoms with Gasteiger partial charge in [0.25, 0.3) is 0 Å². The molecule has 0 unspecified atom stereocenters. The minimum atomic E-state index is -0.754. The van der Waals surface area contributed by atoms with Gasteiger partial charge in [0.2, 0.25) is 0 Å². The van der Waals surface area contributed by atoms with Crippen molar-refractivity contribution in [2.45, 2.75) is 49.1 Å². The molecule has 0 aliphatic carbocycles. The predicted molar refractivity (Wildman–Crippen MR) is 119 cm³/mol. The van der Waals surface area contributed by atoms with Crippen LogP contribution in [0.5, 0.6) is 0 Å². The van der Waals surface area contributed by atoms with E-state index in [0.29, 0.717) is 24.4 Å². The smallest absolute Gasteiger partial charge is 0.404 e. The van der Waals surface area contributed by atoms with Gasteiger partial charge < -0.3 is 15.0 Å². The lowest BCUT2D eigenvalue weighted by Gasteiger charge is -2.14. The third kappa shape index (κ3) is 6.00. The van der Waals surface area contributed by atoms with E-state index in [1.807, 2.05) is 36.4 Å². The number of aryl methyl sites for hydroxylation is 1. The van der Waals surface area contributed by atoms with Gasteiger partial charge in [-0.25, -0.2) is 9.78 Å². The van der Waals surface area contributed by atoms with Crippen LogP contribution in [-0.4, -0.2) is 27.2 Å². The Balaban J connectivity index is 1.96. The van der Waals surface area contributed by atoms with Gasteiger partial charge in [-0.15, -0.1) is 0 Å². The lowest BCUT2D eigenvalue weighted by atomic mass is 10.1. The molecule has 3 rings (SSSR count). The minimum absolute atomic E-state index is 0.256. The fourth-order valence-corrected chi connectivity index (χ4v) is 4.53. The van der Waals surface area contributed by atoms with Crippen molar-refractivity contribution in [3.63, 3.8) is 0 Å². The van der Waals surface area contributed by atoms with E-state index < -0.39 is 6.09 Å². The quantitative estimate of drug-likeness (QED) is 0.454. The molecular weight excluding hydrogens is 420 g/mol. The monoisotopic (exact) mass is 444 g/mol. The number of amides is 1. The van der Waals surface area contributed by atoms with Crippen molar-refractivity contribution in [2.75, 3.05) is 6.61 Å². The number of ether oxygens (including phenoxy) is 1. The summed E-state index contributed by atoms with van der Waals surface area (Å²) in [6.07, 6.45) is 4.15. The van der Waals surface area contributed by atoms with E-state index in [1.54, 1.807) is 24.2 Å². The first-order valence-corrected chi connectivity index (χ1v) is 11.0. The molecule has 0 fully saturated rings. The van der Waals surface area contributed by atoms with Gasteiger partial charge in [-0.05, 0) is 48.2 Å². The first-order valence-electron chi connectivity index (χ1n) is 9.78. The molecule has 0 saturated heterocycles. The highest BCUT2D eigenvalue weighted by molar-refractivity contribution is 7.99.